The number of hydroxylamine groups is 2. The molecule has 2 unspecified atom stereocenters. The molecule has 1 aromatic rings. The van der Waals surface area contributed by atoms with Crippen molar-refractivity contribution in [3.05, 3.63) is 29.8 Å². The van der Waals surface area contributed by atoms with Crippen molar-refractivity contribution in [2.75, 3.05) is 13.1 Å². The molecule has 0 aromatic heterocycles. The Labute approximate surface area is 161 Å². The van der Waals surface area contributed by atoms with Gasteiger partial charge in [0.1, 0.15) is 0 Å². The van der Waals surface area contributed by atoms with Crippen LogP contribution in [0.1, 0.15) is 89.4 Å². The second kappa shape index (κ2) is 13.8. The highest BCUT2D eigenvalue weighted by Crippen LogP contribution is 2.23. The Balaban J connectivity index is 2.86. The number of aldehydes is 1. The van der Waals surface area contributed by atoms with Gasteiger partial charge in [-0.15, -0.1) is 5.06 Å². The second-order valence-electron chi connectivity index (χ2n) is 7.43. The van der Waals surface area contributed by atoms with Crippen molar-refractivity contribution in [2.24, 2.45) is 11.8 Å². The first-order valence-electron chi connectivity index (χ1n) is 10.6. The molecule has 2 atom stereocenters. The predicted molar refractivity (Wildman–Crippen MR) is 111 cm³/mol. The minimum Gasteiger partial charge on any atom is -0.405 e. The van der Waals surface area contributed by atoms with Crippen LogP contribution in [0.5, 0.6) is 5.75 Å². The Morgan fingerprint density at radius 1 is 0.923 bits per heavy atom. The van der Waals surface area contributed by atoms with Crippen LogP contribution in [-0.4, -0.2) is 24.4 Å². The lowest BCUT2D eigenvalue weighted by molar-refractivity contribution is -0.0835. The molecular weight excluding hydrogens is 322 g/mol. The normalized spacial score (nSPS) is 13.6. The zero-order chi connectivity index (χ0) is 19.2. The molecule has 0 aliphatic rings. The van der Waals surface area contributed by atoms with Crippen molar-refractivity contribution in [2.45, 2.75) is 79.1 Å². The average Bonchev–Trinajstić information content (AvgIpc) is 2.68. The van der Waals surface area contributed by atoms with E-state index >= 15 is 0 Å². The van der Waals surface area contributed by atoms with Crippen LogP contribution in [0, 0.1) is 11.8 Å². The molecule has 26 heavy (non-hydrogen) atoms. The van der Waals surface area contributed by atoms with E-state index in [1.54, 1.807) is 0 Å². The van der Waals surface area contributed by atoms with E-state index in [4.69, 9.17) is 4.84 Å². The number of carbonyl (C=O) groups excluding carboxylic acids is 1. The van der Waals surface area contributed by atoms with Crippen molar-refractivity contribution in [1.29, 1.82) is 0 Å². The minimum absolute atomic E-state index is 0.626. The van der Waals surface area contributed by atoms with Gasteiger partial charge in [0, 0.05) is 13.1 Å². The summed E-state index contributed by atoms with van der Waals surface area (Å²) >= 11 is 0. The smallest absolute Gasteiger partial charge is 0.157 e. The molecule has 0 saturated heterocycles. The maximum Gasteiger partial charge on any atom is 0.157 e. The Hall–Kier alpha value is -1.35. The number of unbranched alkanes of at least 4 members (excludes halogenated alkanes) is 2. The average molecular weight is 362 g/mol. The molecule has 0 aliphatic carbocycles. The summed E-state index contributed by atoms with van der Waals surface area (Å²) in [4.78, 5) is 17.6. The zero-order valence-electron chi connectivity index (χ0n) is 17.4. The van der Waals surface area contributed by atoms with Gasteiger partial charge in [-0.25, -0.2) is 0 Å². The standard InChI is InChI=1S/C23H39NO2/c1-5-9-13-20(7-3)17-24(18-21(8-4)14-10-6-2)26-23-16-12-11-15-22(23)19-25/h11-12,15-16,19-21H,5-10,13-14,17-18H2,1-4H3. The van der Waals surface area contributed by atoms with Gasteiger partial charge in [-0.2, -0.15) is 0 Å². The first-order valence-corrected chi connectivity index (χ1v) is 10.6. The first kappa shape index (κ1) is 22.7. The summed E-state index contributed by atoms with van der Waals surface area (Å²) in [5.41, 5.74) is 0.626. The molecule has 1 rings (SSSR count). The molecule has 0 saturated carbocycles. The molecule has 0 fully saturated rings. The van der Waals surface area contributed by atoms with E-state index in [0.717, 1.165) is 19.4 Å². The van der Waals surface area contributed by atoms with Gasteiger partial charge in [-0.1, -0.05) is 78.4 Å². The van der Waals surface area contributed by atoms with Crippen molar-refractivity contribution in [3.63, 3.8) is 0 Å². The Bertz CT molecular complexity index is 471. The van der Waals surface area contributed by atoms with Crippen LogP contribution >= 0.6 is 0 Å². The molecule has 0 radical (unpaired) electrons. The van der Waals surface area contributed by atoms with E-state index in [0.29, 0.717) is 23.1 Å². The first-order chi connectivity index (χ1) is 12.7. The Morgan fingerprint density at radius 2 is 1.46 bits per heavy atom. The number of hydrogen-bond donors (Lipinski definition) is 0. The highest BCUT2D eigenvalue weighted by atomic mass is 16.7. The van der Waals surface area contributed by atoms with Gasteiger partial charge in [0.05, 0.1) is 5.56 Å². The summed E-state index contributed by atoms with van der Waals surface area (Å²) < 4.78 is 0. The van der Waals surface area contributed by atoms with Crippen LogP contribution < -0.4 is 4.84 Å². The molecule has 3 nitrogen and oxygen atoms in total. The number of nitrogens with zero attached hydrogens (tertiary/aromatic N) is 1. The lowest BCUT2D eigenvalue weighted by Gasteiger charge is -2.30. The van der Waals surface area contributed by atoms with Crippen molar-refractivity contribution >= 4 is 6.29 Å². The second-order valence-corrected chi connectivity index (χ2v) is 7.43. The molecule has 148 valence electrons. The largest absolute Gasteiger partial charge is 0.405 e. The topological polar surface area (TPSA) is 29.5 Å². The highest BCUT2D eigenvalue weighted by Gasteiger charge is 2.19. The zero-order valence-corrected chi connectivity index (χ0v) is 17.4. The lowest BCUT2D eigenvalue weighted by atomic mass is 9.97. The van der Waals surface area contributed by atoms with Crippen LogP contribution in [0.15, 0.2) is 24.3 Å². The number of hydrogen-bond acceptors (Lipinski definition) is 3. The van der Waals surface area contributed by atoms with Gasteiger partial charge in [-0.3, -0.25) is 4.79 Å². The Kier molecular flexibility index (Phi) is 12.0. The lowest BCUT2D eigenvalue weighted by Crippen LogP contribution is -2.37. The third-order valence-corrected chi connectivity index (χ3v) is 5.28. The third kappa shape index (κ3) is 8.35. The maximum absolute atomic E-state index is 11.3. The van der Waals surface area contributed by atoms with E-state index in [2.05, 4.69) is 32.8 Å². The fourth-order valence-corrected chi connectivity index (χ4v) is 3.36. The molecule has 1 aromatic carbocycles. The maximum atomic E-state index is 11.3. The fraction of sp³-hybridized carbons (Fsp3) is 0.696. The van der Waals surface area contributed by atoms with Crippen LogP contribution in [0.4, 0.5) is 0 Å². The number of benzene rings is 1. The van der Waals surface area contributed by atoms with Gasteiger partial charge in [0.2, 0.25) is 0 Å². The highest BCUT2D eigenvalue weighted by molar-refractivity contribution is 5.79. The molecule has 0 amide bonds. The number of rotatable bonds is 15. The molecule has 0 aliphatic heterocycles. The summed E-state index contributed by atoms with van der Waals surface area (Å²) in [5, 5.41) is 2.13. The molecule has 0 heterocycles. The van der Waals surface area contributed by atoms with Crippen molar-refractivity contribution in [1.82, 2.24) is 5.06 Å². The number of para-hydroxylation sites is 1. The van der Waals surface area contributed by atoms with E-state index in [9.17, 15) is 4.79 Å². The molecular formula is C23H39NO2. The predicted octanol–water partition coefficient (Wildman–Crippen LogP) is 6.53. The molecule has 0 N–H and O–H groups in total. The summed E-state index contributed by atoms with van der Waals surface area (Å²) in [6, 6.07) is 7.54. The van der Waals surface area contributed by atoms with Crippen LogP contribution in [-0.2, 0) is 0 Å². The van der Waals surface area contributed by atoms with Crippen LogP contribution in [0.3, 0.4) is 0 Å². The summed E-state index contributed by atoms with van der Waals surface area (Å²) in [7, 11) is 0. The summed E-state index contributed by atoms with van der Waals surface area (Å²) in [5.74, 6) is 1.96. The van der Waals surface area contributed by atoms with Gasteiger partial charge in [0.25, 0.3) is 0 Å². The monoisotopic (exact) mass is 361 g/mol. The van der Waals surface area contributed by atoms with Gasteiger partial charge in [0.15, 0.2) is 12.0 Å². The third-order valence-electron chi connectivity index (χ3n) is 5.28. The Morgan fingerprint density at radius 3 is 1.92 bits per heavy atom. The van der Waals surface area contributed by atoms with Gasteiger partial charge < -0.3 is 4.84 Å². The van der Waals surface area contributed by atoms with E-state index in [1.165, 1.54) is 51.4 Å². The van der Waals surface area contributed by atoms with Crippen LogP contribution in [0.25, 0.3) is 0 Å². The van der Waals surface area contributed by atoms with E-state index < -0.39 is 0 Å². The number of carbonyl (C=O) groups is 1. The summed E-state index contributed by atoms with van der Waals surface area (Å²) in [6.07, 6.45) is 10.7. The molecule has 3 heteroatoms. The quantitative estimate of drug-likeness (QED) is 0.263. The SMILES string of the molecule is CCCCC(CC)CN(CC(CC)CCCC)Oc1ccccc1C=O. The van der Waals surface area contributed by atoms with Gasteiger partial charge in [-0.05, 0) is 36.8 Å². The molecule has 0 bridgehead atoms. The fourth-order valence-electron chi connectivity index (χ4n) is 3.36. The minimum atomic E-state index is 0.626. The van der Waals surface area contributed by atoms with E-state index in [1.807, 2.05) is 24.3 Å². The summed E-state index contributed by atoms with van der Waals surface area (Å²) in [6.45, 7) is 10.9. The molecule has 0 spiro atoms. The van der Waals surface area contributed by atoms with Gasteiger partial charge >= 0.3 is 0 Å². The van der Waals surface area contributed by atoms with E-state index in [-0.39, 0.29) is 0 Å². The van der Waals surface area contributed by atoms with Crippen LogP contribution in [0.2, 0.25) is 0 Å². The van der Waals surface area contributed by atoms with Crippen molar-refractivity contribution < 1.29 is 9.63 Å². The van der Waals surface area contributed by atoms with Crippen molar-refractivity contribution in [3.8, 4) is 5.75 Å².